The molecule has 0 bridgehead atoms. The molecule has 0 radical (unpaired) electrons. The fourth-order valence-electron chi connectivity index (χ4n) is 1.62. The Kier molecular flexibility index (Phi) is 15.7. The van der Waals surface area contributed by atoms with Crippen molar-refractivity contribution in [3.63, 3.8) is 0 Å². The molecule has 104 valence electrons. The molecular formula is C13H32N4. The Hall–Kier alpha value is -0.160. The first-order chi connectivity index (χ1) is 8.41. The molecule has 4 nitrogen and oxygen atoms in total. The number of unbranched alkanes of at least 4 members (excludes halogenated alkanes) is 1. The van der Waals surface area contributed by atoms with Crippen LogP contribution in [0.5, 0.6) is 0 Å². The van der Waals surface area contributed by atoms with E-state index in [4.69, 9.17) is 5.73 Å². The molecule has 5 N–H and O–H groups in total. The standard InChI is InChI=1S/C13H32N4/c1-2-8-15-12-6-13-17-10-4-3-9-16-11-5-7-14/h15-17H,2-14H2,1H3. The molecule has 0 aliphatic rings. The summed E-state index contributed by atoms with van der Waals surface area (Å²) in [6.45, 7) is 9.75. The van der Waals surface area contributed by atoms with Crippen molar-refractivity contribution in [2.75, 3.05) is 45.8 Å². The zero-order chi connectivity index (χ0) is 12.6. The van der Waals surface area contributed by atoms with Gasteiger partial charge in [-0.2, -0.15) is 0 Å². The fraction of sp³-hybridized carbons (Fsp3) is 1.00. The summed E-state index contributed by atoms with van der Waals surface area (Å²) in [5.41, 5.74) is 5.41. The highest BCUT2D eigenvalue weighted by atomic mass is 14.9. The average molecular weight is 244 g/mol. The Labute approximate surface area is 107 Å². The summed E-state index contributed by atoms with van der Waals surface area (Å²) < 4.78 is 0. The van der Waals surface area contributed by atoms with E-state index < -0.39 is 0 Å². The summed E-state index contributed by atoms with van der Waals surface area (Å²) in [7, 11) is 0. The molecule has 0 aliphatic heterocycles. The van der Waals surface area contributed by atoms with Crippen LogP contribution in [0.3, 0.4) is 0 Å². The number of hydrogen-bond donors (Lipinski definition) is 4. The molecule has 0 amide bonds. The molecule has 0 rings (SSSR count). The Balaban J connectivity index is 2.85. The first-order valence-corrected chi connectivity index (χ1v) is 7.24. The van der Waals surface area contributed by atoms with Gasteiger partial charge in [0.05, 0.1) is 0 Å². The van der Waals surface area contributed by atoms with Gasteiger partial charge in [-0.25, -0.2) is 0 Å². The summed E-state index contributed by atoms with van der Waals surface area (Å²) >= 11 is 0. The quantitative estimate of drug-likeness (QED) is 0.340. The smallest absolute Gasteiger partial charge is 0.00368 e. The minimum absolute atomic E-state index is 0.792. The predicted molar refractivity (Wildman–Crippen MR) is 76.4 cm³/mol. The Morgan fingerprint density at radius 1 is 0.647 bits per heavy atom. The average Bonchev–Trinajstić information content (AvgIpc) is 2.35. The molecule has 17 heavy (non-hydrogen) atoms. The predicted octanol–water partition coefficient (Wildman–Crippen LogP) is 0.684. The van der Waals surface area contributed by atoms with Gasteiger partial charge in [0.2, 0.25) is 0 Å². The van der Waals surface area contributed by atoms with Gasteiger partial charge >= 0.3 is 0 Å². The SMILES string of the molecule is CCCNCCCNCCCCNCCCN. The molecule has 0 heterocycles. The lowest BCUT2D eigenvalue weighted by Crippen LogP contribution is -2.24. The number of nitrogens with two attached hydrogens (primary N) is 1. The molecule has 0 fully saturated rings. The summed E-state index contributed by atoms with van der Waals surface area (Å²) in [5, 5.41) is 10.3. The zero-order valence-corrected chi connectivity index (χ0v) is 11.6. The largest absolute Gasteiger partial charge is 0.330 e. The summed E-state index contributed by atoms with van der Waals surface area (Å²) in [6.07, 6.45) is 6.06. The molecule has 0 aromatic carbocycles. The van der Waals surface area contributed by atoms with Crippen LogP contribution in [0.15, 0.2) is 0 Å². The van der Waals surface area contributed by atoms with Crippen molar-refractivity contribution in [2.45, 2.75) is 39.0 Å². The summed E-state index contributed by atoms with van der Waals surface area (Å²) in [4.78, 5) is 0. The third-order valence-corrected chi connectivity index (χ3v) is 2.65. The highest BCUT2D eigenvalue weighted by Gasteiger charge is 1.90. The van der Waals surface area contributed by atoms with Crippen LogP contribution in [0, 0.1) is 0 Å². The third-order valence-electron chi connectivity index (χ3n) is 2.65. The Morgan fingerprint density at radius 3 is 1.65 bits per heavy atom. The maximum atomic E-state index is 5.41. The molecule has 0 aromatic rings. The second kappa shape index (κ2) is 15.8. The molecule has 0 spiro atoms. The van der Waals surface area contributed by atoms with Gasteiger partial charge in [0, 0.05) is 0 Å². The van der Waals surface area contributed by atoms with E-state index in [1.54, 1.807) is 0 Å². The number of rotatable bonds is 14. The van der Waals surface area contributed by atoms with Crippen molar-refractivity contribution in [1.82, 2.24) is 16.0 Å². The van der Waals surface area contributed by atoms with Gasteiger partial charge in [0.15, 0.2) is 0 Å². The van der Waals surface area contributed by atoms with Gasteiger partial charge in [-0.1, -0.05) is 6.92 Å². The van der Waals surface area contributed by atoms with Crippen LogP contribution >= 0.6 is 0 Å². The van der Waals surface area contributed by atoms with Crippen molar-refractivity contribution >= 4 is 0 Å². The normalized spacial score (nSPS) is 10.9. The van der Waals surface area contributed by atoms with Crippen LogP contribution in [0.25, 0.3) is 0 Å². The van der Waals surface area contributed by atoms with Crippen LogP contribution in [0.2, 0.25) is 0 Å². The topological polar surface area (TPSA) is 62.1 Å². The van der Waals surface area contributed by atoms with Crippen molar-refractivity contribution in [3.8, 4) is 0 Å². The van der Waals surface area contributed by atoms with E-state index in [1.807, 2.05) is 0 Å². The van der Waals surface area contributed by atoms with Gasteiger partial charge in [-0.3, -0.25) is 0 Å². The first kappa shape index (κ1) is 16.8. The van der Waals surface area contributed by atoms with Crippen LogP contribution < -0.4 is 21.7 Å². The first-order valence-electron chi connectivity index (χ1n) is 7.24. The maximum Gasteiger partial charge on any atom is -0.00368 e. The van der Waals surface area contributed by atoms with Crippen molar-refractivity contribution in [1.29, 1.82) is 0 Å². The van der Waals surface area contributed by atoms with E-state index in [1.165, 1.54) is 25.7 Å². The number of hydrogen-bond acceptors (Lipinski definition) is 4. The fourth-order valence-corrected chi connectivity index (χ4v) is 1.62. The van der Waals surface area contributed by atoms with Gasteiger partial charge in [-0.05, 0) is 77.9 Å². The summed E-state index contributed by atoms with van der Waals surface area (Å²) in [6, 6.07) is 0. The highest BCUT2D eigenvalue weighted by Crippen LogP contribution is 1.85. The van der Waals surface area contributed by atoms with E-state index in [-0.39, 0.29) is 0 Å². The second-order valence-electron chi connectivity index (χ2n) is 4.45. The third kappa shape index (κ3) is 15.8. The van der Waals surface area contributed by atoms with Crippen LogP contribution in [-0.2, 0) is 0 Å². The second-order valence-corrected chi connectivity index (χ2v) is 4.45. The van der Waals surface area contributed by atoms with Crippen molar-refractivity contribution in [2.24, 2.45) is 5.73 Å². The Morgan fingerprint density at radius 2 is 1.12 bits per heavy atom. The van der Waals surface area contributed by atoms with E-state index in [2.05, 4.69) is 22.9 Å². The van der Waals surface area contributed by atoms with Gasteiger partial charge in [0.1, 0.15) is 0 Å². The maximum absolute atomic E-state index is 5.41. The van der Waals surface area contributed by atoms with E-state index >= 15 is 0 Å². The van der Waals surface area contributed by atoms with E-state index in [0.29, 0.717) is 0 Å². The van der Waals surface area contributed by atoms with Crippen molar-refractivity contribution < 1.29 is 0 Å². The molecule has 0 saturated carbocycles. The molecule has 4 heteroatoms. The van der Waals surface area contributed by atoms with Crippen molar-refractivity contribution in [3.05, 3.63) is 0 Å². The lowest BCUT2D eigenvalue weighted by atomic mass is 10.3. The molecule has 0 aromatic heterocycles. The molecule has 0 aliphatic carbocycles. The summed E-state index contributed by atoms with van der Waals surface area (Å²) in [5.74, 6) is 0. The molecule has 0 saturated heterocycles. The Bertz CT molecular complexity index is 117. The van der Waals surface area contributed by atoms with Gasteiger partial charge in [0.25, 0.3) is 0 Å². The lowest BCUT2D eigenvalue weighted by Gasteiger charge is -2.06. The van der Waals surface area contributed by atoms with Gasteiger partial charge < -0.3 is 21.7 Å². The van der Waals surface area contributed by atoms with E-state index in [0.717, 1.165) is 52.2 Å². The van der Waals surface area contributed by atoms with Crippen LogP contribution in [0.1, 0.15) is 39.0 Å². The minimum Gasteiger partial charge on any atom is -0.330 e. The van der Waals surface area contributed by atoms with Gasteiger partial charge in [-0.15, -0.1) is 0 Å². The van der Waals surface area contributed by atoms with E-state index in [9.17, 15) is 0 Å². The number of nitrogens with one attached hydrogen (secondary N) is 3. The highest BCUT2D eigenvalue weighted by molar-refractivity contribution is 4.54. The molecule has 0 atom stereocenters. The van der Waals surface area contributed by atoms with Crippen LogP contribution in [0.4, 0.5) is 0 Å². The van der Waals surface area contributed by atoms with Crippen LogP contribution in [-0.4, -0.2) is 45.8 Å². The lowest BCUT2D eigenvalue weighted by molar-refractivity contribution is 0.555. The monoisotopic (exact) mass is 244 g/mol. The molecule has 0 unspecified atom stereocenters. The minimum atomic E-state index is 0.792. The zero-order valence-electron chi connectivity index (χ0n) is 11.6. The molecular weight excluding hydrogens is 212 g/mol.